The fourth-order valence-corrected chi connectivity index (χ4v) is 2.90. The Morgan fingerprint density at radius 3 is 2.65 bits per heavy atom. The highest BCUT2D eigenvalue weighted by Crippen LogP contribution is 2.44. The second-order valence-electron chi connectivity index (χ2n) is 5.13. The first kappa shape index (κ1) is 16.0. The van der Waals surface area contributed by atoms with Gasteiger partial charge in [-0.25, -0.2) is 4.68 Å². The Balaban J connectivity index is 2.05. The number of anilines is 1. The minimum atomic E-state index is -4.48. The van der Waals surface area contributed by atoms with Gasteiger partial charge in [-0.2, -0.15) is 23.5 Å². The van der Waals surface area contributed by atoms with Crippen LogP contribution in [0, 0.1) is 11.3 Å². The second kappa shape index (κ2) is 5.62. The summed E-state index contributed by atoms with van der Waals surface area (Å²) in [6, 6.07) is 4.02. The Hall–Kier alpha value is -1.91. The highest BCUT2D eigenvalue weighted by atomic mass is 35.5. The maximum Gasteiger partial charge on any atom is 0.410 e. The van der Waals surface area contributed by atoms with E-state index in [-0.39, 0.29) is 22.8 Å². The van der Waals surface area contributed by atoms with Crippen molar-refractivity contribution in [3.63, 3.8) is 0 Å². The van der Waals surface area contributed by atoms with E-state index in [0.717, 1.165) is 10.9 Å². The molecule has 2 aromatic rings. The van der Waals surface area contributed by atoms with E-state index in [4.69, 9.17) is 28.5 Å². The molecule has 0 fully saturated rings. The van der Waals surface area contributed by atoms with Gasteiger partial charge in [0.2, 0.25) is 0 Å². The smallest absolute Gasteiger partial charge is 0.362 e. The third kappa shape index (κ3) is 2.84. The summed E-state index contributed by atoms with van der Waals surface area (Å²) in [5, 5.41) is 16.3. The molecule has 0 spiro atoms. The predicted molar refractivity (Wildman–Crippen MR) is 79.5 cm³/mol. The number of benzene rings is 1. The maximum atomic E-state index is 13.3. The largest absolute Gasteiger partial charge is 0.410 e. The lowest BCUT2D eigenvalue weighted by Gasteiger charge is -2.33. The fourth-order valence-electron chi connectivity index (χ4n) is 2.59. The van der Waals surface area contributed by atoms with E-state index in [1.807, 2.05) is 6.07 Å². The van der Waals surface area contributed by atoms with Crippen LogP contribution in [0.5, 0.6) is 0 Å². The number of nitriles is 1. The van der Waals surface area contributed by atoms with Crippen molar-refractivity contribution < 1.29 is 13.2 Å². The molecule has 0 unspecified atom stereocenters. The number of fused-ring (bicyclic) bond motifs is 1. The molecular formula is C14H9Cl2F3N4. The number of halogens is 5. The van der Waals surface area contributed by atoms with Crippen LogP contribution in [0.1, 0.15) is 29.6 Å². The first-order chi connectivity index (χ1) is 10.8. The van der Waals surface area contributed by atoms with Gasteiger partial charge in [-0.05, 0) is 17.7 Å². The molecule has 23 heavy (non-hydrogen) atoms. The van der Waals surface area contributed by atoms with Gasteiger partial charge in [-0.3, -0.25) is 0 Å². The van der Waals surface area contributed by atoms with Crippen molar-refractivity contribution in [2.75, 3.05) is 5.32 Å². The predicted octanol–water partition coefficient (Wildman–Crippen LogP) is 4.72. The highest BCUT2D eigenvalue weighted by Gasteiger charge is 2.47. The number of nitrogens with one attached hydrogen (secondary N) is 1. The van der Waals surface area contributed by atoms with Crippen LogP contribution in [-0.4, -0.2) is 16.0 Å². The van der Waals surface area contributed by atoms with Gasteiger partial charge in [-0.15, -0.1) is 0 Å². The molecule has 0 saturated carbocycles. The van der Waals surface area contributed by atoms with Crippen LogP contribution in [0.4, 0.5) is 19.0 Å². The zero-order chi connectivity index (χ0) is 16.8. The van der Waals surface area contributed by atoms with Crippen molar-refractivity contribution in [3.05, 3.63) is 45.6 Å². The van der Waals surface area contributed by atoms with Crippen molar-refractivity contribution >= 4 is 29.0 Å². The number of hydrogen-bond acceptors (Lipinski definition) is 3. The lowest BCUT2D eigenvalue weighted by molar-refractivity contribution is -0.173. The minimum absolute atomic E-state index is 0.0529. The van der Waals surface area contributed by atoms with E-state index in [0.29, 0.717) is 10.6 Å². The van der Waals surface area contributed by atoms with E-state index in [9.17, 15) is 13.2 Å². The van der Waals surface area contributed by atoms with Crippen LogP contribution < -0.4 is 5.32 Å². The fraction of sp³-hybridized carbons (Fsp3) is 0.286. The molecule has 1 aliphatic heterocycles. The molecule has 0 amide bonds. The zero-order valence-corrected chi connectivity index (χ0v) is 12.9. The number of hydrogen-bond donors (Lipinski definition) is 1. The van der Waals surface area contributed by atoms with Gasteiger partial charge in [-0.1, -0.05) is 29.3 Å². The van der Waals surface area contributed by atoms with Crippen LogP contribution >= 0.6 is 23.2 Å². The van der Waals surface area contributed by atoms with E-state index >= 15 is 0 Å². The van der Waals surface area contributed by atoms with Gasteiger partial charge >= 0.3 is 6.18 Å². The number of alkyl halides is 3. The number of rotatable bonds is 1. The van der Waals surface area contributed by atoms with Gasteiger partial charge in [0, 0.05) is 6.42 Å². The normalized spacial score (nSPS) is 20.5. The Kier molecular flexibility index (Phi) is 3.90. The van der Waals surface area contributed by atoms with Gasteiger partial charge in [0.1, 0.15) is 17.5 Å². The van der Waals surface area contributed by atoms with Crippen molar-refractivity contribution in [1.29, 1.82) is 5.26 Å². The van der Waals surface area contributed by atoms with Crippen molar-refractivity contribution in [2.24, 2.45) is 0 Å². The second-order valence-corrected chi connectivity index (χ2v) is 5.94. The van der Waals surface area contributed by atoms with Crippen molar-refractivity contribution in [1.82, 2.24) is 9.78 Å². The highest BCUT2D eigenvalue weighted by molar-refractivity contribution is 6.42. The molecule has 4 nitrogen and oxygen atoms in total. The monoisotopic (exact) mass is 360 g/mol. The summed E-state index contributed by atoms with van der Waals surface area (Å²) in [7, 11) is 0. The SMILES string of the molecule is N#Cc1cnn2c1N[C@@H](c1ccc(Cl)c(Cl)c1)C[C@@H]2C(F)(F)F. The van der Waals surface area contributed by atoms with E-state index in [2.05, 4.69) is 10.4 Å². The molecule has 1 aromatic carbocycles. The van der Waals surface area contributed by atoms with Gasteiger partial charge in [0.05, 0.1) is 22.3 Å². The molecule has 1 aliphatic rings. The summed E-state index contributed by atoms with van der Waals surface area (Å²) in [6.45, 7) is 0. The Morgan fingerprint density at radius 1 is 1.30 bits per heavy atom. The van der Waals surface area contributed by atoms with Crippen LogP contribution in [0.25, 0.3) is 0 Å². The Morgan fingerprint density at radius 2 is 2.04 bits per heavy atom. The Labute approximate surface area is 139 Å². The molecule has 1 N–H and O–H groups in total. The van der Waals surface area contributed by atoms with Crippen LogP contribution in [0.15, 0.2) is 24.4 Å². The Bertz CT molecular complexity index is 794. The molecule has 9 heteroatoms. The maximum absolute atomic E-state index is 13.3. The van der Waals surface area contributed by atoms with E-state index in [1.165, 1.54) is 12.1 Å². The molecule has 2 heterocycles. The first-order valence-electron chi connectivity index (χ1n) is 6.57. The molecule has 0 saturated heterocycles. The third-order valence-electron chi connectivity index (χ3n) is 3.70. The number of nitrogens with zero attached hydrogens (tertiary/aromatic N) is 3. The summed E-state index contributed by atoms with van der Waals surface area (Å²) in [5.41, 5.74) is 0.619. The molecular weight excluding hydrogens is 352 g/mol. The molecule has 0 bridgehead atoms. The van der Waals surface area contributed by atoms with Crippen LogP contribution in [-0.2, 0) is 0 Å². The lowest BCUT2D eigenvalue weighted by Crippen LogP contribution is -2.35. The van der Waals surface area contributed by atoms with E-state index in [1.54, 1.807) is 6.07 Å². The standard InChI is InChI=1S/C14H9Cl2F3N4/c15-9-2-1-7(3-10(9)16)11-4-12(14(17,18)19)23-13(22-11)8(5-20)6-21-23/h1-3,6,11-12,22H,4H2/t11-,12-/m1/s1. The molecule has 2 atom stereocenters. The molecule has 0 radical (unpaired) electrons. The number of aromatic nitrogens is 2. The van der Waals surface area contributed by atoms with Gasteiger partial charge in [0.15, 0.2) is 6.04 Å². The minimum Gasteiger partial charge on any atom is -0.362 e. The van der Waals surface area contributed by atoms with Crippen molar-refractivity contribution in [3.8, 4) is 6.07 Å². The third-order valence-corrected chi connectivity index (χ3v) is 4.44. The summed E-state index contributed by atoms with van der Waals surface area (Å²) in [5.74, 6) is 0.0529. The summed E-state index contributed by atoms with van der Waals surface area (Å²) >= 11 is 11.8. The van der Waals surface area contributed by atoms with Gasteiger partial charge < -0.3 is 5.32 Å². The molecule has 120 valence electrons. The topological polar surface area (TPSA) is 53.6 Å². The summed E-state index contributed by atoms with van der Waals surface area (Å²) in [6.07, 6.45) is -3.62. The van der Waals surface area contributed by atoms with Crippen LogP contribution in [0.2, 0.25) is 10.0 Å². The summed E-state index contributed by atoms with van der Waals surface area (Å²) in [4.78, 5) is 0. The molecule has 3 rings (SSSR count). The molecule has 1 aromatic heterocycles. The lowest BCUT2D eigenvalue weighted by atomic mass is 9.96. The van der Waals surface area contributed by atoms with Gasteiger partial charge in [0.25, 0.3) is 0 Å². The summed E-state index contributed by atoms with van der Waals surface area (Å²) < 4.78 is 40.9. The van der Waals surface area contributed by atoms with Crippen molar-refractivity contribution in [2.45, 2.75) is 24.7 Å². The molecule has 0 aliphatic carbocycles. The quantitative estimate of drug-likeness (QED) is 0.800. The van der Waals surface area contributed by atoms with Crippen LogP contribution in [0.3, 0.4) is 0 Å². The average Bonchev–Trinajstić information content (AvgIpc) is 2.91. The van der Waals surface area contributed by atoms with E-state index < -0.39 is 18.3 Å². The zero-order valence-electron chi connectivity index (χ0n) is 11.4. The average molecular weight is 361 g/mol. The first-order valence-corrected chi connectivity index (χ1v) is 7.32.